The number of hydrogen-bond acceptors (Lipinski definition) is 2. The van der Waals surface area contributed by atoms with Crippen molar-refractivity contribution in [2.45, 2.75) is 102 Å². The van der Waals surface area contributed by atoms with Crippen molar-refractivity contribution in [2.75, 3.05) is 13.1 Å². The van der Waals surface area contributed by atoms with Gasteiger partial charge in [-0.05, 0) is 31.7 Å². The van der Waals surface area contributed by atoms with Gasteiger partial charge >= 0.3 is 0 Å². The van der Waals surface area contributed by atoms with Gasteiger partial charge in [-0.15, -0.1) is 0 Å². The summed E-state index contributed by atoms with van der Waals surface area (Å²) in [5.74, 6) is 1.01. The molecule has 2 heteroatoms. The van der Waals surface area contributed by atoms with Gasteiger partial charge in [0.2, 0.25) is 0 Å². The van der Waals surface area contributed by atoms with Gasteiger partial charge in [0, 0.05) is 12.1 Å². The van der Waals surface area contributed by atoms with Crippen molar-refractivity contribution in [3.05, 3.63) is 0 Å². The molecule has 0 aromatic heterocycles. The van der Waals surface area contributed by atoms with Gasteiger partial charge in [-0.25, -0.2) is 0 Å². The van der Waals surface area contributed by atoms with E-state index in [1.54, 1.807) is 0 Å². The van der Waals surface area contributed by atoms with E-state index in [4.69, 9.17) is 5.73 Å². The maximum absolute atomic E-state index is 6.22. The van der Waals surface area contributed by atoms with Gasteiger partial charge in [-0.1, -0.05) is 77.0 Å². The second kappa shape index (κ2) is 9.84. The highest BCUT2D eigenvalue weighted by molar-refractivity contribution is 4.89. The quantitative estimate of drug-likeness (QED) is 0.766. The fourth-order valence-electron chi connectivity index (χ4n) is 4.07. The average molecular weight is 295 g/mol. The van der Waals surface area contributed by atoms with Crippen LogP contribution < -0.4 is 11.1 Å². The first-order chi connectivity index (χ1) is 10.3. The molecule has 0 atom stereocenters. The third-order valence-corrected chi connectivity index (χ3v) is 5.98. The molecule has 0 radical (unpaired) electrons. The first kappa shape index (κ1) is 17.3. The van der Waals surface area contributed by atoms with Gasteiger partial charge in [-0.2, -0.15) is 0 Å². The highest BCUT2D eigenvalue weighted by Gasteiger charge is 2.27. The Kier molecular flexibility index (Phi) is 8.10. The molecular weight excluding hydrogens is 256 g/mol. The Labute approximate surface area is 132 Å². The Morgan fingerprint density at radius 1 is 0.762 bits per heavy atom. The van der Waals surface area contributed by atoms with Crippen molar-refractivity contribution in [1.82, 2.24) is 5.32 Å². The normalized spacial score (nSPS) is 25.6. The summed E-state index contributed by atoms with van der Waals surface area (Å²) >= 11 is 0. The Balaban J connectivity index is 1.77. The summed E-state index contributed by atoms with van der Waals surface area (Å²) in [6, 6.07) is 0. The molecule has 21 heavy (non-hydrogen) atoms. The smallest absolute Gasteiger partial charge is 0.0304 e. The van der Waals surface area contributed by atoms with E-state index in [1.807, 2.05) is 0 Å². The molecule has 0 aliphatic heterocycles. The predicted molar refractivity (Wildman–Crippen MR) is 92.5 cm³/mol. The summed E-state index contributed by atoms with van der Waals surface area (Å²) in [7, 11) is 0. The molecule has 3 N–H and O–H groups in total. The van der Waals surface area contributed by atoms with E-state index < -0.39 is 0 Å². The van der Waals surface area contributed by atoms with Crippen molar-refractivity contribution < 1.29 is 0 Å². The van der Waals surface area contributed by atoms with Crippen molar-refractivity contribution in [3.8, 4) is 0 Å². The van der Waals surface area contributed by atoms with Crippen LogP contribution in [0.3, 0.4) is 0 Å². The van der Waals surface area contributed by atoms with Crippen LogP contribution in [0.4, 0.5) is 0 Å². The molecule has 0 spiro atoms. The fourth-order valence-corrected chi connectivity index (χ4v) is 4.07. The van der Waals surface area contributed by atoms with Crippen LogP contribution in [0.25, 0.3) is 0 Å². The zero-order valence-corrected chi connectivity index (χ0v) is 14.2. The molecule has 0 unspecified atom stereocenters. The fraction of sp³-hybridized carbons (Fsp3) is 1.00. The number of nitrogens with one attached hydrogen (secondary N) is 1. The maximum Gasteiger partial charge on any atom is 0.0304 e. The Bertz CT molecular complexity index is 248. The molecule has 2 rings (SSSR count). The molecule has 0 amide bonds. The zero-order chi connectivity index (χ0) is 14.8. The van der Waals surface area contributed by atoms with Crippen LogP contribution in [0.1, 0.15) is 96.3 Å². The van der Waals surface area contributed by atoms with E-state index >= 15 is 0 Å². The number of hydrogen-bond donors (Lipinski definition) is 2. The third-order valence-electron chi connectivity index (χ3n) is 5.98. The van der Waals surface area contributed by atoms with Crippen molar-refractivity contribution in [1.29, 1.82) is 0 Å². The Morgan fingerprint density at radius 3 is 1.71 bits per heavy atom. The van der Waals surface area contributed by atoms with Crippen LogP contribution in [0.5, 0.6) is 0 Å². The summed E-state index contributed by atoms with van der Waals surface area (Å²) < 4.78 is 0. The van der Waals surface area contributed by atoms with Crippen LogP contribution in [0, 0.1) is 5.92 Å². The standard InChI is InChI=1S/C19H38N2/c20-17-19(21-16-13-18-11-10-12-18)14-8-6-4-2-1-3-5-7-9-15-19/h18,21H,1-17,20H2. The average Bonchev–Trinajstić information content (AvgIpc) is 2.44. The van der Waals surface area contributed by atoms with E-state index in [-0.39, 0.29) is 5.54 Å². The zero-order valence-electron chi connectivity index (χ0n) is 14.2. The molecule has 2 aliphatic rings. The van der Waals surface area contributed by atoms with Crippen LogP contribution in [-0.4, -0.2) is 18.6 Å². The van der Waals surface area contributed by atoms with Crippen molar-refractivity contribution >= 4 is 0 Å². The second-order valence-corrected chi connectivity index (χ2v) is 7.68. The molecule has 0 heterocycles. The summed E-state index contributed by atoms with van der Waals surface area (Å²) in [4.78, 5) is 0. The molecule has 0 bridgehead atoms. The minimum atomic E-state index is 0.253. The minimum absolute atomic E-state index is 0.253. The predicted octanol–water partition coefficient (Wildman–Crippen LogP) is 4.77. The SMILES string of the molecule is NCC1(NCCC2CCC2)CCCCCCCCCCC1. The van der Waals surface area contributed by atoms with Gasteiger partial charge in [0.05, 0.1) is 0 Å². The lowest BCUT2D eigenvalue weighted by Gasteiger charge is -2.36. The van der Waals surface area contributed by atoms with Gasteiger partial charge in [0.25, 0.3) is 0 Å². The van der Waals surface area contributed by atoms with E-state index in [1.165, 1.54) is 103 Å². The largest absolute Gasteiger partial charge is 0.329 e. The van der Waals surface area contributed by atoms with Crippen LogP contribution >= 0.6 is 0 Å². The molecule has 0 aromatic carbocycles. The Hall–Kier alpha value is -0.0800. The van der Waals surface area contributed by atoms with Crippen LogP contribution in [-0.2, 0) is 0 Å². The summed E-state index contributed by atoms with van der Waals surface area (Å²) in [5.41, 5.74) is 6.47. The molecule has 124 valence electrons. The van der Waals surface area contributed by atoms with E-state index in [2.05, 4.69) is 5.32 Å². The van der Waals surface area contributed by atoms with Crippen molar-refractivity contribution in [2.24, 2.45) is 11.7 Å². The van der Waals surface area contributed by atoms with Crippen LogP contribution in [0.15, 0.2) is 0 Å². The highest BCUT2D eigenvalue weighted by atomic mass is 15.0. The van der Waals surface area contributed by atoms with Gasteiger partial charge in [0.15, 0.2) is 0 Å². The van der Waals surface area contributed by atoms with Crippen LogP contribution in [0.2, 0.25) is 0 Å². The molecule has 2 nitrogen and oxygen atoms in total. The summed E-state index contributed by atoms with van der Waals surface area (Å²) in [5, 5.41) is 3.91. The summed E-state index contributed by atoms with van der Waals surface area (Å²) in [6.45, 7) is 2.03. The second-order valence-electron chi connectivity index (χ2n) is 7.68. The van der Waals surface area contributed by atoms with Crippen molar-refractivity contribution in [3.63, 3.8) is 0 Å². The number of rotatable bonds is 5. The highest BCUT2D eigenvalue weighted by Crippen LogP contribution is 2.30. The van der Waals surface area contributed by atoms with Gasteiger partial charge in [-0.3, -0.25) is 0 Å². The monoisotopic (exact) mass is 294 g/mol. The molecule has 0 aromatic rings. The third kappa shape index (κ3) is 6.28. The van der Waals surface area contributed by atoms with Gasteiger partial charge < -0.3 is 11.1 Å². The van der Waals surface area contributed by atoms with Gasteiger partial charge in [0.1, 0.15) is 0 Å². The summed E-state index contributed by atoms with van der Waals surface area (Å²) in [6.07, 6.45) is 21.2. The molecule has 2 saturated carbocycles. The van der Waals surface area contributed by atoms with E-state index in [0.717, 1.165) is 12.5 Å². The maximum atomic E-state index is 6.22. The molecule has 0 saturated heterocycles. The lowest BCUT2D eigenvalue weighted by molar-refractivity contribution is 0.236. The molecule has 2 fully saturated rings. The minimum Gasteiger partial charge on any atom is -0.329 e. The number of nitrogens with two attached hydrogens (primary N) is 1. The topological polar surface area (TPSA) is 38.0 Å². The van der Waals surface area contributed by atoms with E-state index in [9.17, 15) is 0 Å². The first-order valence-electron chi connectivity index (χ1n) is 9.80. The van der Waals surface area contributed by atoms with E-state index in [0.29, 0.717) is 0 Å². The Morgan fingerprint density at radius 2 is 1.29 bits per heavy atom. The first-order valence-corrected chi connectivity index (χ1v) is 9.80. The molecular formula is C19H38N2. The molecule has 2 aliphatic carbocycles. The lowest BCUT2D eigenvalue weighted by Crippen LogP contribution is -2.52. The lowest BCUT2D eigenvalue weighted by atomic mass is 9.82.